The van der Waals surface area contributed by atoms with E-state index in [1.807, 2.05) is 35.9 Å². The van der Waals surface area contributed by atoms with Gasteiger partial charge in [-0.15, -0.1) is 10.2 Å². The second-order valence-electron chi connectivity index (χ2n) is 7.03. The maximum absolute atomic E-state index is 12.6. The van der Waals surface area contributed by atoms with E-state index in [9.17, 15) is 4.79 Å². The van der Waals surface area contributed by atoms with Gasteiger partial charge in [0.2, 0.25) is 11.9 Å². The Balaban J connectivity index is 1.38. The molecule has 1 amide bonds. The molecule has 146 valence electrons. The molecule has 0 spiro atoms. The van der Waals surface area contributed by atoms with Crippen LogP contribution in [0, 0.1) is 0 Å². The number of nitrogens with two attached hydrogens (primary N) is 1. The van der Waals surface area contributed by atoms with Crippen LogP contribution in [0.1, 0.15) is 24.4 Å². The molecule has 1 heterocycles. The van der Waals surface area contributed by atoms with Crippen molar-refractivity contribution in [3.63, 3.8) is 0 Å². The summed E-state index contributed by atoms with van der Waals surface area (Å²) in [4.78, 5) is 14.3. The molecule has 4 rings (SSSR count). The van der Waals surface area contributed by atoms with Crippen molar-refractivity contribution in [3.8, 4) is 5.75 Å². The quantitative estimate of drug-likeness (QED) is 0.617. The van der Waals surface area contributed by atoms with E-state index in [1.54, 1.807) is 12.0 Å². The van der Waals surface area contributed by atoms with E-state index >= 15 is 0 Å². The van der Waals surface area contributed by atoms with Crippen molar-refractivity contribution in [1.82, 2.24) is 19.7 Å². The Morgan fingerprint density at radius 3 is 2.75 bits per heavy atom. The molecule has 0 bridgehead atoms. The van der Waals surface area contributed by atoms with Crippen LogP contribution in [0.25, 0.3) is 10.8 Å². The maximum Gasteiger partial charge on any atom is 0.233 e. The predicted molar refractivity (Wildman–Crippen MR) is 110 cm³/mol. The second kappa shape index (κ2) is 7.71. The van der Waals surface area contributed by atoms with Gasteiger partial charge in [0.05, 0.1) is 12.9 Å². The van der Waals surface area contributed by atoms with Crippen molar-refractivity contribution in [2.45, 2.75) is 30.6 Å². The number of ether oxygens (including phenoxy) is 1. The van der Waals surface area contributed by atoms with E-state index in [1.165, 1.54) is 11.8 Å². The highest BCUT2D eigenvalue weighted by molar-refractivity contribution is 7.99. The Hall–Kier alpha value is -2.74. The SMILES string of the molecule is COc1ccc2cc(CN(C)C(=O)CSc3nnc(N)n3C3CC3)ccc2c1. The van der Waals surface area contributed by atoms with Crippen molar-refractivity contribution < 1.29 is 9.53 Å². The smallest absolute Gasteiger partial charge is 0.233 e. The van der Waals surface area contributed by atoms with Crippen LogP contribution in [0.3, 0.4) is 0 Å². The number of thioether (sulfide) groups is 1. The first kappa shape index (κ1) is 18.6. The molecule has 7 nitrogen and oxygen atoms in total. The second-order valence-corrected chi connectivity index (χ2v) is 7.97. The molecule has 1 fully saturated rings. The number of nitrogen functional groups attached to an aromatic ring is 1. The monoisotopic (exact) mass is 397 g/mol. The average molecular weight is 398 g/mol. The van der Waals surface area contributed by atoms with E-state index in [4.69, 9.17) is 10.5 Å². The van der Waals surface area contributed by atoms with Crippen molar-refractivity contribution in [1.29, 1.82) is 0 Å². The highest BCUT2D eigenvalue weighted by Gasteiger charge is 2.29. The van der Waals surface area contributed by atoms with Gasteiger partial charge in [0.25, 0.3) is 0 Å². The molecule has 3 aromatic rings. The number of aromatic nitrogens is 3. The first-order chi connectivity index (χ1) is 13.5. The maximum atomic E-state index is 12.6. The Labute approximate surface area is 167 Å². The number of amides is 1. The first-order valence-corrected chi connectivity index (χ1v) is 10.2. The van der Waals surface area contributed by atoms with Gasteiger partial charge >= 0.3 is 0 Å². The molecule has 0 radical (unpaired) electrons. The molecule has 0 atom stereocenters. The minimum Gasteiger partial charge on any atom is -0.497 e. The van der Waals surface area contributed by atoms with Crippen LogP contribution in [0.2, 0.25) is 0 Å². The van der Waals surface area contributed by atoms with Gasteiger partial charge in [0.15, 0.2) is 5.16 Å². The lowest BCUT2D eigenvalue weighted by atomic mass is 10.1. The van der Waals surface area contributed by atoms with Gasteiger partial charge in [0.1, 0.15) is 5.75 Å². The Morgan fingerprint density at radius 2 is 2.00 bits per heavy atom. The molecule has 8 heteroatoms. The third-order valence-electron chi connectivity index (χ3n) is 4.88. The van der Waals surface area contributed by atoms with Crippen LogP contribution < -0.4 is 10.5 Å². The molecule has 0 saturated heterocycles. The van der Waals surface area contributed by atoms with Crippen molar-refractivity contribution in [3.05, 3.63) is 42.0 Å². The third-order valence-corrected chi connectivity index (χ3v) is 5.81. The van der Waals surface area contributed by atoms with Crippen LogP contribution in [0.5, 0.6) is 5.75 Å². The Bertz CT molecular complexity index is 1010. The van der Waals surface area contributed by atoms with Crippen LogP contribution in [-0.2, 0) is 11.3 Å². The third kappa shape index (κ3) is 3.91. The summed E-state index contributed by atoms with van der Waals surface area (Å²) >= 11 is 1.39. The van der Waals surface area contributed by atoms with E-state index < -0.39 is 0 Å². The summed E-state index contributed by atoms with van der Waals surface area (Å²) < 4.78 is 7.21. The number of hydrogen-bond donors (Lipinski definition) is 1. The Morgan fingerprint density at radius 1 is 1.25 bits per heavy atom. The fourth-order valence-corrected chi connectivity index (χ4v) is 4.11. The largest absolute Gasteiger partial charge is 0.497 e. The zero-order valence-electron chi connectivity index (χ0n) is 16.0. The van der Waals surface area contributed by atoms with Gasteiger partial charge in [-0.25, -0.2) is 0 Å². The molecule has 1 saturated carbocycles. The summed E-state index contributed by atoms with van der Waals surface area (Å²) in [6, 6.07) is 12.6. The van der Waals surface area contributed by atoms with Crippen LogP contribution >= 0.6 is 11.8 Å². The van der Waals surface area contributed by atoms with Gasteiger partial charge in [0, 0.05) is 19.6 Å². The number of carbonyl (C=O) groups excluding carboxylic acids is 1. The lowest BCUT2D eigenvalue weighted by Gasteiger charge is -2.17. The molecule has 28 heavy (non-hydrogen) atoms. The van der Waals surface area contributed by atoms with E-state index in [0.29, 0.717) is 24.3 Å². The van der Waals surface area contributed by atoms with Crippen molar-refractivity contribution >= 4 is 34.4 Å². The summed E-state index contributed by atoms with van der Waals surface area (Å²) in [5.41, 5.74) is 6.97. The lowest BCUT2D eigenvalue weighted by molar-refractivity contribution is -0.127. The number of nitrogens with zero attached hydrogens (tertiary/aromatic N) is 4. The molecule has 0 unspecified atom stereocenters. The van der Waals surface area contributed by atoms with Gasteiger partial charge in [-0.05, 0) is 47.4 Å². The van der Waals surface area contributed by atoms with Crippen LogP contribution in [0.15, 0.2) is 41.6 Å². The molecular formula is C20H23N5O2S. The van der Waals surface area contributed by atoms with E-state index in [2.05, 4.69) is 22.3 Å². The molecule has 0 aliphatic heterocycles. The minimum absolute atomic E-state index is 0.0451. The zero-order valence-corrected chi connectivity index (χ0v) is 16.8. The molecule has 1 aromatic heterocycles. The van der Waals surface area contributed by atoms with Gasteiger partial charge < -0.3 is 15.4 Å². The fourth-order valence-electron chi connectivity index (χ4n) is 3.16. The molecule has 1 aliphatic carbocycles. The van der Waals surface area contributed by atoms with Crippen LogP contribution in [0.4, 0.5) is 5.95 Å². The highest BCUT2D eigenvalue weighted by atomic mass is 32.2. The summed E-state index contributed by atoms with van der Waals surface area (Å²) in [5, 5.41) is 11.0. The van der Waals surface area contributed by atoms with Crippen LogP contribution in [-0.4, -0.2) is 45.5 Å². The fraction of sp³-hybridized carbons (Fsp3) is 0.350. The van der Waals surface area contributed by atoms with Gasteiger partial charge in [-0.3, -0.25) is 9.36 Å². The zero-order chi connectivity index (χ0) is 19.7. The number of fused-ring (bicyclic) bond motifs is 1. The molecule has 1 aliphatic rings. The topological polar surface area (TPSA) is 86.3 Å². The number of carbonyl (C=O) groups is 1. The first-order valence-electron chi connectivity index (χ1n) is 9.19. The standard InChI is InChI=1S/C20H23N5O2S/c1-24(11-13-3-4-15-10-17(27-2)8-5-14(15)9-13)18(26)12-28-20-23-22-19(21)25(20)16-6-7-16/h3-5,8-10,16H,6-7,11-12H2,1-2H3,(H2,21,22). The van der Waals surface area contributed by atoms with Gasteiger partial charge in [-0.2, -0.15) is 0 Å². The number of benzene rings is 2. The predicted octanol–water partition coefficient (Wildman–Crippen LogP) is 3.11. The van der Waals surface area contributed by atoms with E-state index in [0.717, 1.165) is 40.1 Å². The number of rotatable bonds is 7. The number of hydrogen-bond acceptors (Lipinski definition) is 6. The normalized spacial score (nSPS) is 13.6. The highest BCUT2D eigenvalue weighted by Crippen LogP contribution is 2.39. The number of methoxy groups -OCH3 is 1. The molecule has 2 N–H and O–H groups in total. The average Bonchev–Trinajstić information content (AvgIpc) is 3.47. The summed E-state index contributed by atoms with van der Waals surface area (Å²) in [6.45, 7) is 0.554. The number of anilines is 1. The summed E-state index contributed by atoms with van der Waals surface area (Å²) in [6.07, 6.45) is 2.19. The van der Waals surface area contributed by atoms with Crippen molar-refractivity contribution in [2.24, 2.45) is 0 Å². The summed E-state index contributed by atoms with van der Waals surface area (Å²) in [7, 11) is 3.48. The van der Waals surface area contributed by atoms with E-state index in [-0.39, 0.29) is 5.91 Å². The molecule has 2 aromatic carbocycles. The van der Waals surface area contributed by atoms with Gasteiger partial charge in [-0.1, -0.05) is 30.0 Å². The molecular weight excluding hydrogens is 374 g/mol. The minimum atomic E-state index is 0.0451. The van der Waals surface area contributed by atoms with Crippen molar-refractivity contribution in [2.75, 3.05) is 25.6 Å². The Kier molecular flexibility index (Phi) is 5.13. The summed E-state index contributed by atoms with van der Waals surface area (Å²) in [5.74, 6) is 1.62. The lowest BCUT2D eigenvalue weighted by Crippen LogP contribution is -2.27.